The van der Waals surface area contributed by atoms with E-state index in [-0.39, 0.29) is 16.1 Å². The fourth-order valence-corrected chi connectivity index (χ4v) is 0.758. The van der Waals surface area contributed by atoms with Crippen LogP contribution in [-0.2, 0) is 4.79 Å². The molecule has 1 heterocycles. The first-order valence-electron chi connectivity index (χ1n) is 2.96. The molecule has 1 aromatic rings. The SMILES string of the molecule is CC(=O)Oc1cc(Cl)c(Cl)nn1. The Labute approximate surface area is 78.5 Å². The van der Waals surface area contributed by atoms with Crippen LogP contribution in [0.4, 0.5) is 0 Å². The second-order valence-electron chi connectivity index (χ2n) is 1.91. The molecular formula is C6H4Cl2N2O2. The van der Waals surface area contributed by atoms with Crippen molar-refractivity contribution < 1.29 is 9.53 Å². The lowest BCUT2D eigenvalue weighted by molar-refractivity contribution is -0.132. The summed E-state index contributed by atoms with van der Waals surface area (Å²) in [6.07, 6.45) is 0. The summed E-state index contributed by atoms with van der Waals surface area (Å²) in [5.74, 6) is -0.445. The van der Waals surface area contributed by atoms with Gasteiger partial charge in [-0.15, -0.1) is 10.2 Å². The van der Waals surface area contributed by atoms with Gasteiger partial charge in [-0.05, 0) is 0 Å². The van der Waals surface area contributed by atoms with Crippen molar-refractivity contribution in [2.75, 3.05) is 0 Å². The van der Waals surface area contributed by atoms with E-state index in [0.717, 1.165) is 0 Å². The fraction of sp³-hybridized carbons (Fsp3) is 0.167. The van der Waals surface area contributed by atoms with Gasteiger partial charge in [0.1, 0.15) is 0 Å². The maximum atomic E-state index is 10.4. The number of carbonyl (C=O) groups is 1. The van der Waals surface area contributed by atoms with Crippen LogP contribution in [0.3, 0.4) is 0 Å². The maximum Gasteiger partial charge on any atom is 0.309 e. The Balaban J connectivity index is 2.89. The minimum Gasteiger partial charge on any atom is -0.406 e. The number of nitrogens with zero attached hydrogens (tertiary/aromatic N) is 2. The standard InChI is InChI=1S/C6H4Cl2N2O2/c1-3(11)12-5-2-4(7)6(8)10-9-5/h2H,1H3. The van der Waals surface area contributed by atoms with Crippen molar-refractivity contribution in [3.63, 3.8) is 0 Å². The van der Waals surface area contributed by atoms with Gasteiger partial charge in [-0.3, -0.25) is 4.79 Å². The predicted octanol–water partition coefficient (Wildman–Crippen LogP) is 1.71. The van der Waals surface area contributed by atoms with Crippen molar-refractivity contribution >= 4 is 29.2 Å². The monoisotopic (exact) mass is 206 g/mol. The highest BCUT2D eigenvalue weighted by Gasteiger charge is 2.04. The summed E-state index contributed by atoms with van der Waals surface area (Å²) in [5, 5.41) is 7.18. The molecule has 0 fully saturated rings. The molecule has 0 aliphatic heterocycles. The molecule has 0 N–H and O–H groups in total. The predicted molar refractivity (Wildman–Crippen MR) is 43.4 cm³/mol. The van der Waals surface area contributed by atoms with Gasteiger partial charge in [-0.1, -0.05) is 23.2 Å². The largest absolute Gasteiger partial charge is 0.406 e. The molecule has 0 spiro atoms. The summed E-state index contributed by atoms with van der Waals surface area (Å²) in [7, 11) is 0. The third kappa shape index (κ3) is 2.32. The van der Waals surface area contributed by atoms with E-state index in [4.69, 9.17) is 23.2 Å². The minimum absolute atomic E-state index is 0.0388. The van der Waals surface area contributed by atoms with Gasteiger partial charge in [0.2, 0.25) is 5.88 Å². The Kier molecular flexibility index (Phi) is 2.83. The molecule has 0 radical (unpaired) electrons. The average Bonchev–Trinajstić information content (AvgIpc) is 1.96. The molecule has 0 saturated heterocycles. The molecule has 0 amide bonds. The quantitative estimate of drug-likeness (QED) is 0.657. The number of carbonyl (C=O) groups excluding carboxylic acids is 1. The lowest BCUT2D eigenvalue weighted by atomic mass is 10.5. The first kappa shape index (κ1) is 9.22. The summed E-state index contributed by atoms with van der Waals surface area (Å²) < 4.78 is 4.59. The number of esters is 1. The van der Waals surface area contributed by atoms with Crippen molar-refractivity contribution in [2.24, 2.45) is 0 Å². The molecule has 6 heteroatoms. The van der Waals surface area contributed by atoms with E-state index in [1.165, 1.54) is 13.0 Å². The zero-order valence-electron chi connectivity index (χ0n) is 6.04. The van der Waals surface area contributed by atoms with Crippen molar-refractivity contribution in [1.29, 1.82) is 0 Å². The smallest absolute Gasteiger partial charge is 0.309 e. The van der Waals surface area contributed by atoms with Crippen molar-refractivity contribution in [3.8, 4) is 5.88 Å². The van der Waals surface area contributed by atoms with E-state index < -0.39 is 5.97 Å². The fourth-order valence-electron chi connectivity index (χ4n) is 0.535. The zero-order chi connectivity index (χ0) is 9.14. The molecule has 0 aromatic carbocycles. The number of ether oxygens (including phenoxy) is 1. The topological polar surface area (TPSA) is 52.1 Å². The molecule has 12 heavy (non-hydrogen) atoms. The van der Waals surface area contributed by atoms with Crippen LogP contribution in [-0.4, -0.2) is 16.2 Å². The highest BCUT2D eigenvalue weighted by Crippen LogP contribution is 2.21. The molecule has 1 rings (SSSR count). The van der Waals surface area contributed by atoms with Gasteiger partial charge in [-0.2, -0.15) is 0 Å². The number of halogens is 2. The van der Waals surface area contributed by atoms with Gasteiger partial charge < -0.3 is 4.74 Å². The van der Waals surface area contributed by atoms with Crippen molar-refractivity contribution in [2.45, 2.75) is 6.92 Å². The van der Waals surface area contributed by atoms with Crippen LogP contribution in [0, 0.1) is 0 Å². The molecule has 0 saturated carbocycles. The molecule has 1 aromatic heterocycles. The van der Waals surface area contributed by atoms with Gasteiger partial charge in [0.15, 0.2) is 5.15 Å². The summed E-state index contributed by atoms with van der Waals surface area (Å²) in [5.41, 5.74) is 0. The number of aromatic nitrogens is 2. The summed E-state index contributed by atoms with van der Waals surface area (Å²) in [6.45, 7) is 1.25. The summed E-state index contributed by atoms with van der Waals surface area (Å²) in [4.78, 5) is 10.4. The van der Waals surface area contributed by atoms with Gasteiger partial charge in [0.25, 0.3) is 0 Å². The number of hydrogen-bond acceptors (Lipinski definition) is 4. The molecular weight excluding hydrogens is 203 g/mol. The normalized spacial score (nSPS) is 9.58. The van der Waals surface area contributed by atoms with Crippen LogP contribution < -0.4 is 4.74 Å². The Morgan fingerprint density at radius 1 is 1.50 bits per heavy atom. The molecule has 4 nitrogen and oxygen atoms in total. The second kappa shape index (κ2) is 3.69. The van der Waals surface area contributed by atoms with E-state index in [9.17, 15) is 4.79 Å². The Morgan fingerprint density at radius 3 is 2.67 bits per heavy atom. The van der Waals surface area contributed by atoms with Gasteiger partial charge >= 0.3 is 5.97 Å². The molecule has 0 aliphatic carbocycles. The third-order valence-electron chi connectivity index (χ3n) is 0.932. The van der Waals surface area contributed by atoms with Gasteiger partial charge in [-0.25, -0.2) is 0 Å². The summed E-state index contributed by atoms with van der Waals surface area (Å²) >= 11 is 11.0. The van der Waals surface area contributed by atoms with Crippen LogP contribution in [0.1, 0.15) is 6.92 Å². The zero-order valence-corrected chi connectivity index (χ0v) is 7.56. The van der Waals surface area contributed by atoms with E-state index in [2.05, 4.69) is 14.9 Å². The Morgan fingerprint density at radius 2 is 2.17 bits per heavy atom. The minimum atomic E-state index is -0.484. The first-order chi connectivity index (χ1) is 5.59. The van der Waals surface area contributed by atoms with E-state index >= 15 is 0 Å². The van der Waals surface area contributed by atoms with Gasteiger partial charge in [0.05, 0.1) is 5.02 Å². The second-order valence-corrected chi connectivity index (χ2v) is 2.68. The maximum absolute atomic E-state index is 10.4. The number of hydrogen-bond donors (Lipinski definition) is 0. The average molecular weight is 207 g/mol. The molecule has 0 atom stereocenters. The van der Waals surface area contributed by atoms with Crippen LogP contribution in [0.2, 0.25) is 10.2 Å². The summed E-state index contributed by atoms with van der Waals surface area (Å²) in [6, 6.07) is 1.32. The van der Waals surface area contributed by atoms with Crippen LogP contribution in [0.15, 0.2) is 6.07 Å². The molecule has 64 valence electrons. The number of rotatable bonds is 1. The lowest BCUT2D eigenvalue weighted by Crippen LogP contribution is -2.03. The van der Waals surface area contributed by atoms with E-state index in [0.29, 0.717) is 0 Å². The molecule has 0 unspecified atom stereocenters. The Hall–Kier alpha value is -0.870. The van der Waals surface area contributed by atoms with Crippen molar-refractivity contribution in [1.82, 2.24) is 10.2 Å². The molecule has 0 bridgehead atoms. The van der Waals surface area contributed by atoms with Crippen LogP contribution in [0.25, 0.3) is 0 Å². The Bertz CT molecular complexity index is 316. The third-order valence-corrected chi connectivity index (χ3v) is 1.60. The highest BCUT2D eigenvalue weighted by molar-refractivity contribution is 6.41. The highest BCUT2D eigenvalue weighted by atomic mass is 35.5. The van der Waals surface area contributed by atoms with Crippen molar-refractivity contribution in [3.05, 3.63) is 16.2 Å². The first-order valence-corrected chi connectivity index (χ1v) is 3.72. The van der Waals surface area contributed by atoms with E-state index in [1.54, 1.807) is 0 Å². The lowest BCUT2D eigenvalue weighted by Gasteiger charge is -1.98. The van der Waals surface area contributed by atoms with Gasteiger partial charge in [0, 0.05) is 13.0 Å². The van der Waals surface area contributed by atoms with E-state index in [1.807, 2.05) is 0 Å². The van der Waals surface area contributed by atoms with Crippen LogP contribution in [0.5, 0.6) is 5.88 Å². The molecule has 0 aliphatic rings. The van der Waals surface area contributed by atoms with Crippen LogP contribution >= 0.6 is 23.2 Å².